The van der Waals surface area contributed by atoms with Crippen LogP contribution in [0.1, 0.15) is 6.92 Å². The van der Waals surface area contributed by atoms with E-state index in [0.717, 1.165) is 22.6 Å². The first-order valence-corrected chi connectivity index (χ1v) is 4.74. The Kier molecular flexibility index (Phi) is 3.98. The van der Waals surface area contributed by atoms with Crippen molar-refractivity contribution in [2.24, 2.45) is 0 Å². The van der Waals surface area contributed by atoms with Crippen LogP contribution in [-0.4, -0.2) is 13.7 Å². The number of hydrogen-bond donors (Lipinski definition) is 0. The van der Waals surface area contributed by atoms with Crippen molar-refractivity contribution >= 4 is 0 Å². The van der Waals surface area contributed by atoms with E-state index in [1.165, 1.54) is 0 Å². The molecule has 0 aliphatic rings. The van der Waals surface area contributed by atoms with Gasteiger partial charge in [-0.25, -0.2) is 0 Å². The summed E-state index contributed by atoms with van der Waals surface area (Å²) in [5.74, 6) is 1.62. The topological polar surface area (TPSA) is 18.5 Å². The van der Waals surface area contributed by atoms with Gasteiger partial charge in [-0.05, 0) is 36.8 Å². The lowest BCUT2D eigenvalue weighted by atomic mass is 10.2. The molecule has 1 aromatic rings. The molecule has 0 aromatic heterocycles. The fourth-order valence-corrected chi connectivity index (χ4v) is 0.966. The molecule has 0 atom stereocenters. The van der Waals surface area contributed by atoms with Crippen LogP contribution in [0.5, 0.6) is 11.5 Å². The van der Waals surface area contributed by atoms with E-state index in [1.807, 2.05) is 31.2 Å². The van der Waals surface area contributed by atoms with Crippen LogP contribution in [-0.2, 0) is 0 Å². The molecule has 0 spiro atoms. The van der Waals surface area contributed by atoms with Crippen molar-refractivity contribution < 1.29 is 9.47 Å². The summed E-state index contributed by atoms with van der Waals surface area (Å²) in [6.45, 7) is 10.0. The molecule has 0 aliphatic carbocycles. The summed E-state index contributed by atoms with van der Waals surface area (Å²) in [5.41, 5.74) is 1.86. The summed E-state index contributed by atoms with van der Waals surface area (Å²) in [6, 6.07) is 7.45. The van der Waals surface area contributed by atoms with Gasteiger partial charge in [-0.15, -0.1) is 0 Å². The Bertz CT molecular complexity index is 349. The largest absolute Gasteiger partial charge is 0.497 e. The number of benzene rings is 1. The van der Waals surface area contributed by atoms with E-state index in [2.05, 4.69) is 13.2 Å². The van der Waals surface area contributed by atoms with Gasteiger partial charge in [-0.1, -0.05) is 18.7 Å². The molecule has 0 aliphatic heterocycles. The van der Waals surface area contributed by atoms with Crippen LogP contribution < -0.4 is 9.47 Å². The standard InChI is InChI=1S/C13H16O2/c1-10(2)11(3)9-15-13-7-5-12(14-4)6-8-13/h5-8H,1,3,9H2,2,4H3. The minimum atomic E-state index is 0.474. The molecule has 0 saturated carbocycles. The highest BCUT2D eigenvalue weighted by Gasteiger charge is 1.98. The van der Waals surface area contributed by atoms with Crippen molar-refractivity contribution in [2.45, 2.75) is 6.92 Å². The Morgan fingerprint density at radius 2 is 1.67 bits per heavy atom. The van der Waals surface area contributed by atoms with E-state index in [0.29, 0.717) is 6.61 Å². The van der Waals surface area contributed by atoms with E-state index >= 15 is 0 Å². The summed E-state index contributed by atoms with van der Waals surface area (Å²) in [5, 5.41) is 0. The first-order valence-electron chi connectivity index (χ1n) is 4.74. The number of ether oxygens (including phenoxy) is 2. The summed E-state index contributed by atoms with van der Waals surface area (Å²) in [6.07, 6.45) is 0. The highest BCUT2D eigenvalue weighted by Crippen LogP contribution is 2.18. The third kappa shape index (κ3) is 3.50. The molecule has 1 rings (SSSR count). The van der Waals surface area contributed by atoms with Gasteiger partial charge in [0, 0.05) is 0 Å². The van der Waals surface area contributed by atoms with Crippen LogP contribution in [0.4, 0.5) is 0 Å². The van der Waals surface area contributed by atoms with Crippen molar-refractivity contribution in [3.63, 3.8) is 0 Å². The molecule has 0 saturated heterocycles. The van der Waals surface area contributed by atoms with Gasteiger partial charge >= 0.3 is 0 Å². The molecule has 0 N–H and O–H groups in total. The van der Waals surface area contributed by atoms with Gasteiger partial charge in [0.1, 0.15) is 18.1 Å². The maximum absolute atomic E-state index is 5.51. The van der Waals surface area contributed by atoms with E-state index < -0.39 is 0 Å². The van der Waals surface area contributed by atoms with Crippen molar-refractivity contribution in [1.82, 2.24) is 0 Å². The van der Waals surface area contributed by atoms with Crippen LogP contribution in [0.15, 0.2) is 48.6 Å². The predicted octanol–water partition coefficient (Wildman–Crippen LogP) is 3.21. The molecular weight excluding hydrogens is 188 g/mol. The Hall–Kier alpha value is -1.70. The van der Waals surface area contributed by atoms with Crippen LogP contribution in [0, 0.1) is 0 Å². The minimum absolute atomic E-state index is 0.474. The monoisotopic (exact) mass is 204 g/mol. The third-order valence-electron chi connectivity index (χ3n) is 2.08. The fraction of sp³-hybridized carbons (Fsp3) is 0.231. The van der Waals surface area contributed by atoms with Gasteiger partial charge in [0.15, 0.2) is 0 Å². The van der Waals surface area contributed by atoms with Gasteiger partial charge in [-0.3, -0.25) is 0 Å². The number of hydrogen-bond acceptors (Lipinski definition) is 2. The second-order valence-electron chi connectivity index (χ2n) is 3.35. The average Bonchev–Trinajstić information content (AvgIpc) is 2.26. The van der Waals surface area contributed by atoms with Gasteiger partial charge in [0.2, 0.25) is 0 Å². The summed E-state index contributed by atoms with van der Waals surface area (Å²) < 4.78 is 10.6. The zero-order valence-electron chi connectivity index (χ0n) is 9.25. The van der Waals surface area contributed by atoms with E-state index in [-0.39, 0.29) is 0 Å². The molecule has 80 valence electrons. The average molecular weight is 204 g/mol. The normalized spacial score (nSPS) is 9.47. The fourth-order valence-electron chi connectivity index (χ4n) is 0.966. The number of methoxy groups -OCH3 is 1. The Labute approximate surface area is 90.8 Å². The lowest BCUT2D eigenvalue weighted by molar-refractivity contribution is 0.353. The van der Waals surface area contributed by atoms with Gasteiger partial charge in [0.05, 0.1) is 7.11 Å². The zero-order chi connectivity index (χ0) is 11.3. The molecule has 0 unspecified atom stereocenters. The molecular formula is C13H16O2. The first kappa shape index (κ1) is 11.4. The maximum Gasteiger partial charge on any atom is 0.120 e. The van der Waals surface area contributed by atoms with Crippen LogP contribution >= 0.6 is 0 Å². The highest BCUT2D eigenvalue weighted by atomic mass is 16.5. The second kappa shape index (κ2) is 5.25. The summed E-state index contributed by atoms with van der Waals surface area (Å²) in [4.78, 5) is 0. The molecule has 15 heavy (non-hydrogen) atoms. The second-order valence-corrected chi connectivity index (χ2v) is 3.35. The lowest BCUT2D eigenvalue weighted by Crippen LogP contribution is -2.00. The van der Waals surface area contributed by atoms with E-state index in [1.54, 1.807) is 7.11 Å². The highest BCUT2D eigenvalue weighted by molar-refractivity contribution is 5.32. The molecule has 0 radical (unpaired) electrons. The Morgan fingerprint density at radius 3 is 2.13 bits per heavy atom. The van der Waals surface area contributed by atoms with Crippen molar-refractivity contribution in [2.75, 3.05) is 13.7 Å². The van der Waals surface area contributed by atoms with E-state index in [9.17, 15) is 0 Å². The maximum atomic E-state index is 5.51. The van der Waals surface area contributed by atoms with Gasteiger partial charge in [0.25, 0.3) is 0 Å². The molecule has 0 fully saturated rings. The minimum Gasteiger partial charge on any atom is -0.497 e. The Balaban J connectivity index is 2.51. The lowest BCUT2D eigenvalue weighted by Gasteiger charge is -2.08. The zero-order valence-corrected chi connectivity index (χ0v) is 9.25. The van der Waals surface area contributed by atoms with Gasteiger partial charge < -0.3 is 9.47 Å². The van der Waals surface area contributed by atoms with Gasteiger partial charge in [-0.2, -0.15) is 0 Å². The molecule has 0 bridgehead atoms. The van der Waals surface area contributed by atoms with E-state index in [4.69, 9.17) is 9.47 Å². The van der Waals surface area contributed by atoms with Crippen LogP contribution in [0.25, 0.3) is 0 Å². The smallest absolute Gasteiger partial charge is 0.120 e. The SMILES string of the molecule is C=C(C)C(=C)COc1ccc(OC)cc1. The summed E-state index contributed by atoms with van der Waals surface area (Å²) >= 11 is 0. The van der Waals surface area contributed by atoms with Crippen molar-refractivity contribution in [3.8, 4) is 11.5 Å². The molecule has 2 heteroatoms. The molecule has 0 amide bonds. The quantitative estimate of drug-likeness (QED) is 0.686. The summed E-state index contributed by atoms with van der Waals surface area (Å²) in [7, 11) is 1.64. The first-order chi connectivity index (χ1) is 7.13. The Morgan fingerprint density at radius 1 is 1.13 bits per heavy atom. The molecule has 1 aromatic carbocycles. The number of rotatable bonds is 5. The van der Waals surface area contributed by atoms with Crippen LogP contribution in [0.2, 0.25) is 0 Å². The third-order valence-corrected chi connectivity index (χ3v) is 2.08. The van der Waals surface area contributed by atoms with Crippen LogP contribution in [0.3, 0.4) is 0 Å². The molecule has 0 heterocycles. The predicted molar refractivity (Wildman–Crippen MR) is 62.4 cm³/mol. The van der Waals surface area contributed by atoms with Crippen molar-refractivity contribution in [1.29, 1.82) is 0 Å². The van der Waals surface area contributed by atoms with Crippen molar-refractivity contribution in [3.05, 3.63) is 48.6 Å². The molecule has 2 nitrogen and oxygen atoms in total.